The fourth-order valence-corrected chi connectivity index (χ4v) is 2.17. The second-order valence-corrected chi connectivity index (χ2v) is 5.25. The average Bonchev–Trinajstić information content (AvgIpc) is 2.44. The number of benzene rings is 2. The quantitative estimate of drug-likeness (QED) is 0.713. The molecule has 0 saturated carbocycles. The number of aliphatic hydroxyl groups excluding tert-OH is 1. The van der Waals surface area contributed by atoms with Crippen LogP contribution in [0.25, 0.3) is 0 Å². The minimum atomic E-state index is -0.181. The maximum Gasteiger partial charge on any atom is 0.123 e. The van der Waals surface area contributed by atoms with Gasteiger partial charge in [-0.1, -0.05) is 30.3 Å². The Morgan fingerprint density at radius 3 is 2.48 bits per heavy atom. The first-order chi connectivity index (χ1) is 10.1. The molecular weight excluding hydrogens is 264 g/mol. The summed E-state index contributed by atoms with van der Waals surface area (Å²) in [5.41, 5.74) is 8.38. The zero-order chi connectivity index (χ0) is 15.2. The van der Waals surface area contributed by atoms with Crippen molar-refractivity contribution in [3.05, 3.63) is 54.1 Å². The summed E-state index contributed by atoms with van der Waals surface area (Å²) in [6, 6.07) is 15.1. The van der Waals surface area contributed by atoms with E-state index in [0.29, 0.717) is 5.69 Å². The molecule has 0 spiro atoms. The van der Waals surface area contributed by atoms with E-state index in [-0.39, 0.29) is 18.8 Å². The molecule has 4 N–H and O–H groups in total. The van der Waals surface area contributed by atoms with Gasteiger partial charge in [-0.15, -0.1) is 0 Å². The molecule has 0 aliphatic heterocycles. The van der Waals surface area contributed by atoms with E-state index in [1.54, 1.807) is 6.07 Å². The van der Waals surface area contributed by atoms with Gasteiger partial charge in [0.05, 0.1) is 18.8 Å². The van der Waals surface area contributed by atoms with Crippen LogP contribution in [0.3, 0.4) is 0 Å². The summed E-state index contributed by atoms with van der Waals surface area (Å²) >= 11 is 0. The molecule has 0 amide bonds. The molecule has 0 aliphatic rings. The zero-order valence-corrected chi connectivity index (χ0v) is 12.4. The highest BCUT2D eigenvalue weighted by atomic mass is 16.5. The van der Waals surface area contributed by atoms with Crippen molar-refractivity contribution in [3.8, 4) is 5.75 Å². The SMILES string of the molecule is CC(C)Oc1cc(N)cc(NC(CO)c2ccccc2)c1. The highest BCUT2D eigenvalue weighted by molar-refractivity contribution is 5.60. The predicted octanol–water partition coefficient (Wildman–Crippen LogP) is 3.20. The van der Waals surface area contributed by atoms with Crippen LogP contribution in [0.15, 0.2) is 48.5 Å². The Morgan fingerprint density at radius 1 is 1.14 bits per heavy atom. The summed E-state index contributed by atoms with van der Waals surface area (Å²) in [4.78, 5) is 0. The third-order valence-electron chi connectivity index (χ3n) is 3.03. The number of nitrogens with two attached hydrogens (primary N) is 1. The fraction of sp³-hybridized carbons (Fsp3) is 0.294. The van der Waals surface area contributed by atoms with Gasteiger partial charge in [-0.3, -0.25) is 0 Å². The molecule has 0 fully saturated rings. The van der Waals surface area contributed by atoms with E-state index in [1.807, 2.05) is 56.3 Å². The summed E-state index contributed by atoms with van der Waals surface area (Å²) in [5, 5.41) is 12.9. The van der Waals surface area contributed by atoms with Crippen LogP contribution in [0.2, 0.25) is 0 Å². The van der Waals surface area contributed by atoms with Crippen molar-refractivity contribution in [1.82, 2.24) is 0 Å². The van der Waals surface area contributed by atoms with Crippen LogP contribution in [-0.2, 0) is 0 Å². The second kappa shape index (κ2) is 6.99. The number of hydrogen-bond acceptors (Lipinski definition) is 4. The van der Waals surface area contributed by atoms with E-state index < -0.39 is 0 Å². The van der Waals surface area contributed by atoms with Crippen LogP contribution in [0, 0.1) is 0 Å². The van der Waals surface area contributed by atoms with Crippen LogP contribution in [0.4, 0.5) is 11.4 Å². The summed E-state index contributed by atoms with van der Waals surface area (Å²) in [6.45, 7) is 3.94. The largest absolute Gasteiger partial charge is 0.491 e. The molecule has 4 nitrogen and oxygen atoms in total. The maximum atomic E-state index is 9.60. The molecule has 0 heterocycles. The molecule has 0 aliphatic carbocycles. The van der Waals surface area contributed by atoms with Crippen molar-refractivity contribution in [2.75, 3.05) is 17.7 Å². The number of nitrogen functional groups attached to an aromatic ring is 1. The van der Waals surface area contributed by atoms with E-state index in [9.17, 15) is 5.11 Å². The second-order valence-electron chi connectivity index (χ2n) is 5.25. The molecule has 0 radical (unpaired) electrons. The molecule has 2 rings (SSSR count). The third kappa shape index (κ3) is 4.39. The normalized spacial score (nSPS) is 12.2. The summed E-state index contributed by atoms with van der Waals surface area (Å²) < 4.78 is 5.67. The van der Waals surface area contributed by atoms with Crippen LogP contribution >= 0.6 is 0 Å². The number of rotatable bonds is 6. The third-order valence-corrected chi connectivity index (χ3v) is 3.03. The van der Waals surface area contributed by atoms with Crippen molar-refractivity contribution >= 4 is 11.4 Å². The van der Waals surface area contributed by atoms with Crippen molar-refractivity contribution in [3.63, 3.8) is 0 Å². The van der Waals surface area contributed by atoms with Gasteiger partial charge in [0, 0.05) is 23.5 Å². The lowest BCUT2D eigenvalue weighted by atomic mass is 10.1. The Balaban J connectivity index is 2.19. The van der Waals surface area contributed by atoms with E-state index in [0.717, 1.165) is 17.0 Å². The average molecular weight is 286 g/mol. The van der Waals surface area contributed by atoms with Gasteiger partial charge in [-0.05, 0) is 25.5 Å². The molecule has 4 heteroatoms. The van der Waals surface area contributed by atoms with Gasteiger partial charge in [0.25, 0.3) is 0 Å². The number of aliphatic hydroxyl groups is 1. The Kier molecular flexibility index (Phi) is 5.06. The first-order valence-corrected chi connectivity index (χ1v) is 7.08. The standard InChI is InChI=1S/C17H22N2O2/c1-12(2)21-16-9-14(18)8-15(10-16)19-17(11-20)13-6-4-3-5-7-13/h3-10,12,17,19-20H,11,18H2,1-2H3. The van der Waals surface area contributed by atoms with E-state index in [4.69, 9.17) is 10.5 Å². The Labute approximate surface area is 125 Å². The summed E-state index contributed by atoms with van der Waals surface area (Å²) in [6.07, 6.45) is 0.0856. The predicted molar refractivity (Wildman–Crippen MR) is 86.5 cm³/mol. The van der Waals surface area contributed by atoms with Crippen LogP contribution < -0.4 is 15.8 Å². The monoisotopic (exact) mass is 286 g/mol. The smallest absolute Gasteiger partial charge is 0.123 e. The van der Waals surface area contributed by atoms with Crippen LogP contribution in [-0.4, -0.2) is 17.8 Å². The summed E-state index contributed by atoms with van der Waals surface area (Å²) in [7, 11) is 0. The van der Waals surface area contributed by atoms with E-state index in [2.05, 4.69) is 5.32 Å². The van der Waals surface area contributed by atoms with Gasteiger partial charge in [0.1, 0.15) is 5.75 Å². The molecule has 2 aromatic carbocycles. The van der Waals surface area contributed by atoms with Crippen LogP contribution in [0.1, 0.15) is 25.5 Å². The van der Waals surface area contributed by atoms with Gasteiger partial charge in [0.15, 0.2) is 0 Å². The maximum absolute atomic E-state index is 9.60. The molecule has 1 atom stereocenters. The first kappa shape index (κ1) is 15.2. The number of ether oxygens (including phenoxy) is 1. The molecule has 21 heavy (non-hydrogen) atoms. The number of anilines is 2. The Hall–Kier alpha value is -2.20. The fourth-order valence-electron chi connectivity index (χ4n) is 2.17. The number of hydrogen-bond donors (Lipinski definition) is 3. The lowest BCUT2D eigenvalue weighted by Gasteiger charge is -2.19. The van der Waals surface area contributed by atoms with Gasteiger partial charge in [-0.25, -0.2) is 0 Å². The van der Waals surface area contributed by atoms with Gasteiger partial charge >= 0.3 is 0 Å². The molecule has 112 valence electrons. The molecule has 0 aromatic heterocycles. The Morgan fingerprint density at radius 2 is 1.86 bits per heavy atom. The number of nitrogens with one attached hydrogen (secondary N) is 1. The van der Waals surface area contributed by atoms with Crippen molar-refractivity contribution < 1.29 is 9.84 Å². The van der Waals surface area contributed by atoms with Crippen molar-refractivity contribution in [1.29, 1.82) is 0 Å². The Bertz CT molecular complexity index is 570. The van der Waals surface area contributed by atoms with Gasteiger partial charge in [0.2, 0.25) is 0 Å². The molecule has 2 aromatic rings. The summed E-state index contributed by atoms with van der Waals surface area (Å²) in [5.74, 6) is 0.720. The first-order valence-electron chi connectivity index (χ1n) is 7.08. The highest BCUT2D eigenvalue weighted by Crippen LogP contribution is 2.26. The highest BCUT2D eigenvalue weighted by Gasteiger charge is 2.11. The van der Waals surface area contributed by atoms with Crippen molar-refractivity contribution in [2.24, 2.45) is 0 Å². The minimum Gasteiger partial charge on any atom is -0.491 e. The minimum absolute atomic E-state index is 0.000810. The topological polar surface area (TPSA) is 67.5 Å². The molecular formula is C17H22N2O2. The van der Waals surface area contributed by atoms with Crippen LogP contribution in [0.5, 0.6) is 5.75 Å². The molecule has 1 unspecified atom stereocenters. The zero-order valence-electron chi connectivity index (χ0n) is 12.4. The van der Waals surface area contributed by atoms with Gasteiger partial charge in [-0.2, -0.15) is 0 Å². The van der Waals surface area contributed by atoms with Gasteiger partial charge < -0.3 is 20.9 Å². The van der Waals surface area contributed by atoms with E-state index in [1.165, 1.54) is 0 Å². The molecule has 0 bridgehead atoms. The van der Waals surface area contributed by atoms with E-state index >= 15 is 0 Å². The lowest BCUT2D eigenvalue weighted by Crippen LogP contribution is -2.15. The molecule has 0 saturated heterocycles. The van der Waals surface area contributed by atoms with Crippen molar-refractivity contribution in [2.45, 2.75) is 26.0 Å². The lowest BCUT2D eigenvalue weighted by molar-refractivity contribution is 0.242.